The molecule has 0 amide bonds. The molecule has 0 spiro atoms. The maximum atomic E-state index is 11.6. The minimum absolute atomic E-state index is 0.0840. The number of aliphatic hydroxyl groups excluding tert-OH is 1. The Bertz CT molecular complexity index is 973. The molecule has 5 heteroatoms. The second-order valence-electron chi connectivity index (χ2n) is 7.60. The number of carbonyl (C=O) groups is 1. The lowest BCUT2D eigenvalue weighted by atomic mass is 9.94. The van der Waals surface area contributed by atoms with Crippen LogP contribution >= 0.6 is 0 Å². The molecule has 0 radical (unpaired) electrons. The molecule has 1 N–H and O–H groups in total. The van der Waals surface area contributed by atoms with Crippen molar-refractivity contribution < 1.29 is 9.90 Å². The van der Waals surface area contributed by atoms with E-state index in [0.717, 1.165) is 36.3 Å². The molecule has 4 rings (SSSR count). The summed E-state index contributed by atoms with van der Waals surface area (Å²) < 4.78 is 2.01. The van der Waals surface area contributed by atoms with Gasteiger partial charge in [-0.3, -0.25) is 14.7 Å². The summed E-state index contributed by atoms with van der Waals surface area (Å²) in [7, 11) is 1.97. The first-order chi connectivity index (χ1) is 13.0. The van der Waals surface area contributed by atoms with Gasteiger partial charge in [-0.1, -0.05) is 18.2 Å². The van der Waals surface area contributed by atoms with Crippen molar-refractivity contribution in [1.82, 2.24) is 14.5 Å². The zero-order valence-corrected chi connectivity index (χ0v) is 15.8. The second kappa shape index (κ2) is 7.25. The van der Waals surface area contributed by atoms with Crippen LogP contribution < -0.4 is 0 Å². The highest BCUT2D eigenvalue weighted by molar-refractivity contribution is 5.94. The number of pyridine rings is 1. The average Bonchev–Trinajstić information content (AvgIpc) is 3.18. The molecule has 0 bridgehead atoms. The van der Waals surface area contributed by atoms with Crippen molar-refractivity contribution in [3.8, 4) is 0 Å². The molecular weight excluding hydrogens is 338 g/mol. The summed E-state index contributed by atoms with van der Waals surface area (Å²) in [6, 6.07) is 12.2. The monoisotopic (exact) mass is 363 g/mol. The average molecular weight is 363 g/mol. The summed E-state index contributed by atoms with van der Waals surface area (Å²) in [6.07, 6.45) is 4.23. The lowest BCUT2D eigenvalue weighted by Gasteiger charge is -2.16. The Labute approximate surface area is 159 Å². The minimum Gasteiger partial charge on any atom is -0.391 e. The number of β-amino-alcohol motifs (C(OH)–C–C–N with tert-alkyl or cyclic N) is 1. The van der Waals surface area contributed by atoms with E-state index in [4.69, 9.17) is 0 Å². The fraction of sp³-hybridized carbons (Fsp3) is 0.364. The van der Waals surface area contributed by atoms with E-state index in [0.29, 0.717) is 6.54 Å². The number of carbonyl (C=O) groups excluding carboxylic acids is 1. The number of hydrogen-bond acceptors (Lipinski definition) is 4. The lowest BCUT2D eigenvalue weighted by Crippen LogP contribution is -2.22. The second-order valence-corrected chi connectivity index (χ2v) is 7.60. The standard InChI is InChI=1S/C22H25N3O2/c1-15(26)17-10-19(24(2)11-17)13-25-12-18(22(27)14-25)9-16-7-8-23-21-6-4-3-5-20(16)21/h3-8,10-11,18,22,27H,9,12-14H2,1-2H3/t18-,22-/m1/s1. The molecule has 2 aromatic heterocycles. The fourth-order valence-electron chi connectivity index (χ4n) is 4.08. The van der Waals surface area contributed by atoms with Crippen molar-refractivity contribution >= 4 is 16.7 Å². The summed E-state index contributed by atoms with van der Waals surface area (Å²) in [6.45, 7) is 3.84. The topological polar surface area (TPSA) is 58.4 Å². The van der Waals surface area contributed by atoms with Crippen molar-refractivity contribution in [2.24, 2.45) is 13.0 Å². The Morgan fingerprint density at radius 1 is 1.26 bits per heavy atom. The van der Waals surface area contributed by atoms with E-state index in [1.165, 1.54) is 10.9 Å². The van der Waals surface area contributed by atoms with Gasteiger partial charge < -0.3 is 9.67 Å². The fourth-order valence-corrected chi connectivity index (χ4v) is 4.08. The van der Waals surface area contributed by atoms with Gasteiger partial charge in [-0.05, 0) is 37.1 Å². The normalized spacial score (nSPS) is 20.4. The zero-order chi connectivity index (χ0) is 19.0. The number of likely N-dealkylation sites (tertiary alicyclic amines) is 1. The highest BCUT2D eigenvalue weighted by atomic mass is 16.3. The lowest BCUT2D eigenvalue weighted by molar-refractivity contribution is 0.101. The van der Waals surface area contributed by atoms with Gasteiger partial charge in [0.05, 0.1) is 11.6 Å². The summed E-state index contributed by atoms with van der Waals surface area (Å²) in [5, 5.41) is 11.8. The van der Waals surface area contributed by atoms with E-state index >= 15 is 0 Å². The van der Waals surface area contributed by atoms with E-state index < -0.39 is 0 Å². The predicted molar refractivity (Wildman–Crippen MR) is 106 cm³/mol. The van der Waals surface area contributed by atoms with Gasteiger partial charge in [0.2, 0.25) is 0 Å². The number of aliphatic hydroxyl groups is 1. The van der Waals surface area contributed by atoms with E-state index in [-0.39, 0.29) is 17.8 Å². The van der Waals surface area contributed by atoms with Crippen LogP contribution in [-0.2, 0) is 20.0 Å². The molecule has 3 heterocycles. The van der Waals surface area contributed by atoms with Gasteiger partial charge >= 0.3 is 0 Å². The van der Waals surface area contributed by atoms with E-state index in [2.05, 4.69) is 22.0 Å². The molecule has 1 fully saturated rings. The van der Waals surface area contributed by atoms with Crippen LogP contribution in [0.3, 0.4) is 0 Å². The van der Waals surface area contributed by atoms with E-state index in [9.17, 15) is 9.90 Å². The van der Waals surface area contributed by atoms with Gasteiger partial charge in [-0.15, -0.1) is 0 Å². The first-order valence-electron chi connectivity index (χ1n) is 9.40. The van der Waals surface area contributed by atoms with Gasteiger partial charge in [0.25, 0.3) is 0 Å². The summed E-state index contributed by atoms with van der Waals surface area (Å²) >= 11 is 0. The SMILES string of the molecule is CC(=O)c1cc(CN2C[C@@H](Cc3ccnc4ccccc34)[C@H](O)C2)n(C)c1. The van der Waals surface area contributed by atoms with Gasteiger partial charge in [0, 0.05) is 61.6 Å². The number of aromatic nitrogens is 2. The molecule has 1 aliphatic rings. The van der Waals surface area contributed by atoms with Crippen LogP contribution in [0.1, 0.15) is 28.5 Å². The molecule has 1 aliphatic heterocycles. The Morgan fingerprint density at radius 2 is 2.07 bits per heavy atom. The van der Waals surface area contributed by atoms with Crippen LogP contribution in [0.2, 0.25) is 0 Å². The zero-order valence-electron chi connectivity index (χ0n) is 15.8. The summed E-state index contributed by atoms with van der Waals surface area (Å²) in [4.78, 5) is 18.3. The Kier molecular flexibility index (Phi) is 4.81. The van der Waals surface area contributed by atoms with Crippen LogP contribution in [-0.4, -0.2) is 44.5 Å². The van der Waals surface area contributed by atoms with Gasteiger partial charge in [0.1, 0.15) is 0 Å². The van der Waals surface area contributed by atoms with E-state index in [1.54, 1.807) is 6.92 Å². The number of rotatable bonds is 5. The number of aryl methyl sites for hydroxylation is 1. The van der Waals surface area contributed by atoms with Gasteiger partial charge in [-0.2, -0.15) is 0 Å². The molecule has 1 saturated heterocycles. The molecule has 2 atom stereocenters. The van der Waals surface area contributed by atoms with Crippen LogP contribution in [0.15, 0.2) is 48.8 Å². The van der Waals surface area contributed by atoms with Crippen LogP contribution in [0.4, 0.5) is 0 Å². The third kappa shape index (κ3) is 3.66. The number of nitrogens with zero attached hydrogens (tertiary/aromatic N) is 3. The minimum atomic E-state index is -0.343. The molecule has 5 nitrogen and oxygen atoms in total. The highest BCUT2D eigenvalue weighted by Crippen LogP contribution is 2.26. The Balaban J connectivity index is 1.48. The van der Waals surface area contributed by atoms with Crippen LogP contribution in [0.5, 0.6) is 0 Å². The van der Waals surface area contributed by atoms with Crippen molar-refractivity contribution in [2.45, 2.75) is 26.0 Å². The first kappa shape index (κ1) is 17.9. The maximum Gasteiger partial charge on any atom is 0.161 e. The van der Waals surface area contributed by atoms with Gasteiger partial charge in [0.15, 0.2) is 5.78 Å². The predicted octanol–water partition coefficient (Wildman–Crippen LogP) is 2.81. The Hall–Kier alpha value is -2.50. The smallest absolute Gasteiger partial charge is 0.161 e. The van der Waals surface area contributed by atoms with Gasteiger partial charge in [-0.25, -0.2) is 0 Å². The maximum absolute atomic E-state index is 11.6. The number of hydrogen-bond donors (Lipinski definition) is 1. The van der Waals surface area contributed by atoms with Crippen LogP contribution in [0.25, 0.3) is 10.9 Å². The molecule has 3 aromatic rings. The molecule has 140 valence electrons. The molecule has 27 heavy (non-hydrogen) atoms. The number of benzene rings is 1. The van der Waals surface area contributed by atoms with Crippen molar-refractivity contribution in [3.05, 3.63) is 65.6 Å². The number of ketones is 1. The number of Topliss-reactive ketones (excluding diaryl/α,β-unsaturated/α-hetero) is 1. The van der Waals surface area contributed by atoms with E-state index in [1.807, 2.05) is 48.3 Å². The molecular formula is C22H25N3O2. The van der Waals surface area contributed by atoms with Crippen LogP contribution in [0, 0.1) is 5.92 Å². The largest absolute Gasteiger partial charge is 0.391 e. The molecule has 0 aliphatic carbocycles. The Morgan fingerprint density at radius 3 is 2.85 bits per heavy atom. The first-order valence-corrected chi connectivity index (χ1v) is 9.40. The summed E-state index contributed by atoms with van der Waals surface area (Å²) in [5.41, 5.74) is 4.08. The molecule has 1 aromatic carbocycles. The quantitative estimate of drug-likeness (QED) is 0.708. The number of para-hydroxylation sites is 1. The van der Waals surface area contributed by atoms with Crippen molar-refractivity contribution in [3.63, 3.8) is 0 Å². The van der Waals surface area contributed by atoms with Crippen molar-refractivity contribution in [2.75, 3.05) is 13.1 Å². The highest BCUT2D eigenvalue weighted by Gasteiger charge is 2.32. The number of fused-ring (bicyclic) bond motifs is 1. The molecule has 0 unspecified atom stereocenters. The third-order valence-corrected chi connectivity index (χ3v) is 5.60. The molecule has 0 saturated carbocycles. The third-order valence-electron chi connectivity index (χ3n) is 5.60. The van der Waals surface area contributed by atoms with Crippen molar-refractivity contribution in [1.29, 1.82) is 0 Å². The summed E-state index contributed by atoms with van der Waals surface area (Å²) in [5.74, 6) is 0.282.